The van der Waals surface area contributed by atoms with Crippen LogP contribution in [0.3, 0.4) is 0 Å². The van der Waals surface area contributed by atoms with Crippen molar-refractivity contribution in [1.82, 2.24) is 19.9 Å². The van der Waals surface area contributed by atoms with E-state index in [1.807, 2.05) is 72.8 Å². The summed E-state index contributed by atoms with van der Waals surface area (Å²) in [4.78, 5) is 20.0. The van der Waals surface area contributed by atoms with Crippen LogP contribution in [0, 0.1) is 0 Å². The third-order valence-electron chi connectivity index (χ3n) is 9.51. The number of oxazole rings is 1. The topological polar surface area (TPSA) is 64.7 Å². The van der Waals surface area contributed by atoms with E-state index in [1.165, 1.54) is 0 Å². The Morgan fingerprint density at radius 2 is 0.863 bits per heavy atom. The van der Waals surface area contributed by atoms with E-state index in [4.69, 9.17) is 24.4 Å². The summed E-state index contributed by atoms with van der Waals surface area (Å²) in [5.41, 5.74) is 7.62. The van der Waals surface area contributed by atoms with E-state index >= 15 is 0 Å². The van der Waals surface area contributed by atoms with Crippen LogP contribution in [-0.4, -0.2) is 19.9 Å². The molecule has 0 amide bonds. The predicted octanol–water partition coefficient (Wildman–Crippen LogP) is 11.8. The highest BCUT2D eigenvalue weighted by Gasteiger charge is 2.17. The smallest absolute Gasteiger partial charge is 0.227 e. The summed E-state index contributed by atoms with van der Waals surface area (Å²) in [5, 5.41) is 6.65. The maximum absolute atomic E-state index is 6.53. The molecule has 0 radical (unpaired) electrons. The maximum Gasteiger partial charge on any atom is 0.227 e. The van der Waals surface area contributed by atoms with E-state index < -0.39 is 0 Å². The Labute approximate surface area is 293 Å². The fourth-order valence-corrected chi connectivity index (χ4v) is 7.01. The first kappa shape index (κ1) is 29.0. The number of rotatable bonds is 5. The number of hydrogen-bond donors (Lipinski definition) is 0. The summed E-state index contributed by atoms with van der Waals surface area (Å²) in [7, 11) is 0. The molecule has 2 aromatic heterocycles. The van der Waals surface area contributed by atoms with Crippen molar-refractivity contribution in [2.24, 2.45) is 0 Å². The highest BCUT2D eigenvalue weighted by Crippen LogP contribution is 2.39. The van der Waals surface area contributed by atoms with Crippen molar-refractivity contribution in [1.29, 1.82) is 0 Å². The average molecular weight is 653 g/mol. The van der Waals surface area contributed by atoms with Gasteiger partial charge >= 0.3 is 0 Å². The van der Waals surface area contributed by atoms with Crippen molar-refractivity contribution in [3.8, 4) is 56.7 Å². The van der Waals surface area contributed by atoms with Crippen molar-refractivity contribution < 1.29 is 4.42 Å². The van der Waals surface area contributed by atoms with Crippen LogP contribution in [-0.2, 0) is 0 Å². The zero-order chi connectivity index (χ0) is 33.7. The zero-order valence-electron chi connectivity index (χ0n) is 27.4. The van der Waals surface area contributed by atoms with Crippen LogP contribution in [0.15, 0.2) is 174 Å². The lowest BCUT2D eigenvalue weighted by atomic mass is 9.95. The lowest BCUT2D eigenvalue weighted by Gasteiger charge is -2.12. The largest absolute Gasteiger partial charge is 0.435 e. The summed E-state index contributed by atoms with van der Waals surface area (Å²) >= 11 is 0. The van der Waals surface area contributed by atoms with E-state index in [9.17, 15) is 0 Å². The van der Waals surface area contributed by atoms with Gasteiger partial charge in [-0.15, -0.1) is 0 Å². The number of fused-ring (bicyclic) bond motifs is 7. The summed E-state index contributed by atoms with van der Waals surface area (Å²) in [5.74, 6) is 2.50. The normalized spacial score (nSPS) is 11.5. The van der Waals surface area contributed by atoms with Crippen molar-refractivity contribution >= 4 is 43.4 Å². The molecule has 5 heteroatoms. The molecule has 238 valence electrons. The molecular formula is C46H28N4O. The minimum Gasteiger partial charge on any atom is -0.435 e. The third-order valence-corrected chi connectivity index (χ3v) is 9.51. The van der Waals surface area contributed by atoms with Gasteiger partial charge in [0.2, 0.25) is 5.89 Å². The Hall–Kier alpha value is -6.98. The number of nitrogens with zero attached hydrogens (tertiary/aromatic N) is 4. The SMILES string of the molecule is c1ccc(-c2cccc(-c3nc(-c4ccccc4)nc(-c4ccc5c(ccc6ccc7ccc8nc(-c9ccccc9)oc8c7c65)c4)n3)c2)cc1. The maximum atomic E-state index is 6.53. The zero-order valence-corrected chi connectivity index (χ0v) is 27.4. The Morgan fingerprint density at radius 1 is 0.333 bits per heavy atom. The molecule has 10 rings (SSSR count). The van der Waals surface area contributed by atoms with Crippen LogP contribution in [0.2, 0.25) is 0 Å². The van der Waals surface area contributed by atoms with Gasteiger partial charge in [-0.25, -0.2) is 19.9 Å². The molecule has 0 saturated heterocycles. The van der Waals surface area contributed by atoms with Crippen molar-refractivity contribution in [3.05, 3.63) is 170 Å². The number of hydrogen-bond acceptors (Lipinski definition) is 5. The summed E-state index contributed by atoms with van der Waals surface area (Å²) in [6.45, 7) is 0. The fraction of sp³-hybridized carbons (Fsp3) is 0. The van der Waals surface area contributed by atoms with E-state index in [0.717, 1.165) is 76.8 Å². The van der Waals surface area contributed by atoms with Crippen LogP contribution in [0.4, 0.5) is 0 Å². The van der Waals surface area contributed by atoms with Gasteiger partial charge in [0.15, 0.2) is 23.1 Å². The molecular weight excluding hydrogens is 625 g/mol. The Balaban J connectivity index is 1.15. The van der Waals surface area contributed by atoms with E-state index in [1.54, 1.807) is 0 Å². The van der Waals surface area contributed by atoms with Gasteiger partial charge in [0.05, 0.1) is 0 Å². The predicted molar refractivity (Wildman–Crippen MR) is 207 cm³/mol. The molecule has 0 spiro atoms. The summed E-state index contributed by atoms with van der Waals surface area (Å²) in [6.07, 6.45) is 0. The molecule has 51 heavy (non-hydrogen) atoms. The van der Waals surface area contributed by atoms with Crippen LogP contribution in [0.1, 0.15) is 0 Å². The van der Waals surface area contributed by atoms with Gasteiger partial charge in [0.1, 0.15) is 5.52 Å². The standard InChI is InChI=1S/C46H28N4O/c1-4-11-29(12-5-1)34-17-10-18-36(27-34)44-48-43(32-13-6-2-7-14-32)49-45(50-44)37-23-25-38-35(28-37)22-21-30-19-20-31-24-26-39-42(41(31)40(30)38)51-46(47-39)33-15-8-3-9-16-33/h1-28H. The van der Waals surface area contributed by atoms with Crippen molar-refractivity contribution in [3.63, 3.8) is 0 Å². The number of benzene rings is 8. The second-order valence-corrected chi connectivity index (χ2v) is 12.7. The van der Waals surface area contributed by atoms with Crippen molar-refractivity contribution in [2.45, 2.75) is 0 Å². The molecule has 0 fully saturated rings. The van der Waals surface area contributed by atoms with Gasteiger partial charge < -0.3 is 4.42 Å². The molecule has 0 atom stereocenters. The summed E-state index contributed by atoms with van der Waals surface area (Å²) in [6, 6.07) is 58.2. The third kappa shape index (κ3) is 5.11. The average Bonchev–Trinajstić information content (AvgIpc) is 3.66. The molecule has 0 N–H and O–H groups in total. The minimum absolute atomic E-state index is 0.617. The van der Waals surface area contributed by atoms with Crippen molar-refractivity contribution in [2.75, 3.05) is 0 Å². The highest BCUT2D eigenvalue weighted by molar-refractivity contribution is 6.26. The first-order chi connectivity index (χ1) is 25.2. The molecule has 0 aliphatic carbocycles. The molecule has 2 heterocycles. The molecule has 0 saturated carbocycles. The Bertz CT molecular complexity index is 2900. The molecule has 5 nitrogen and oxygen atoms in total. The fourth-order valence-electron chi connectivity index (χ4n) is 7.01. The summed E-state index contributed by atoms with van der Waals surface area (Å²) < 4.78 is 6.53. The molecule has 0 aliphatic heterocycles. The van der Waals surface area contributed by atoms with Gasteiger partial charge in [0.25, 0.3) is 0 Å². The number of aromatic nitrogens is 4. The van der Waals surface area contributed by atoms with Gasteiger partial charge in [-0.3, -0.25) is 0 Å². The van der Waals surface area contributed by atoms with Gasteiger partial charge in [-0.2, -0.15) is 0 Å². The van der Waals surface area contributed by atoms with Gasteiger partial charge in [-0.05, 0) is 63.0 Å². The van der Waals surface area contributed by atoms with Crippen LogP contribution < -0.4 is 0 Å². The highest BCUT2D eigenvalue weighted by atomic mass is 16.3. The van der Waals surface area contributed by atoms with E-state index in [-0.39, 0.29) is 0 Å². The van der Waals surface area contributed by atoms with Crippen LogP contribution in [0.5, 0.6) is 0 Å². The lowest BCUT2D eigenvalue weighted by Crippen LogP contribution is -2.00. The van der Waals surface area contributed by atoms with E-state index in [0.29, 0.717) is 23.4 Å². The lowest BCUT2D eigenvalue weighted by molar-refractivity contribution is 0.623. The first-order valence-corrected chi connectivity index (χ1v) is 17.0. The first-order valence-electron chi connectivity index (χ1n) is 17.0. The quantitative estimate of drug-likeness (QED) is 0.173. The Kier molecular flexibility index (Phi) is 6.74. The van der Waals surface area contributed by atoms with E-state index in [2.05, 4.69) is 97.1 Å². The second kappa shape index (κ2) is 11.9. The monoisotopic (exact) mass is 652 g/mol. The van der Waals surface area contributed by atoms with Crippen LogP contribution in [0.25, 0.3) is 100 Å². The molecule has 0 unspecified atom stereocenters. The Morgan fingerprint density at radius 3 is 1.57 bits per heavy atom. The minimum atomic E-state index is 0.617. The molecule has 8 aromatic carbocycles. The molecule has 0 bridgehead atoms. The van der Waals surface area contributed by atoms with Crippen LogP contribution >= 0.6 is 0 Å². The molecule has 10 aromatic rings. The molecule has 0 aliphatic rings. The second-order valence-electron chi connectivity index (χ2n) is 12.7. The van der Waals surface area contributed by atoms with Gasteiger partial charge in [0, 0.05) is 33.0 Å². The van der Waals surface area contributed by atoms with Gasteiger partial charge in [-0.1, -0.05) is 140 Å².